The summed E-state index contributed by atoms with van der Waals surface area (Å²) in [5.41, 5.74) is 0.430. The summed E-state index contributed by atoms with van der Waals surface area (Å²) in [5.74, 6) is -0.724. The Morgan fingerprint density at radius 1 is 1.22 bits per heavy atom. The van der Waals surface area contributed by atoms with Gasteiger partial charge in [0.25, 0.3) is 0 Å². The number of carbonyl (C=O) groups is 1. The summed E-state index contributed by atoms with van der Waals surface area (Å²) in [6.07, 6.45) is 2.35. The summed E-state index contributed by atoms with van der Waals surface area (Å²) < 4.78 is 46.8. The van der Waals surface area contributed by atoms with Gasteiger partial charge in [-0.05, 0) is 37.1 Å². The second-order valence-corrected chi connectivity index (χ2v) is 9.06. The van der Waals surface area contributed by atoms with Crippen LogP contribution < -0.4 is 10.5 Å². The molecule has 1 heterocycles. The van der Waals surface area contributed by atoms with E-state index in [2.05, 4.69) is 5.32 Å². The normalized spacial score (nSPS) is 20.2. The van der Waals surface area contributed by atoms with Gasteiger partial charge in [0.15, 0.2) is 0 Å². The highest BCUT2D eigenvalue weighted by Gasteiger charge is 2.30. The summed E-state index contributed by atoms with van der Waals surface area (Å²) in [4.78, 5) is 12.2. The van der Waals surface area contributed by atoms with Crippen LogP contribution in [0.5, 0.6) is 0 Å². The minimum atomic E-state index is -3.78. The van der Waals surface area contributed by atoms with Gasteiger partial charge in [-0.3, -0.25) is 4.79 Å². The number of benzene rings is 1. The lowest BCUT2D eigenvalue weighted by atomic mass is 9.99. The van der Waals surface area contributed by atoms with E-state index in [1.54, 1.807) is 0 Å². The molecule has 23 heavy (non-hydrogen) atoms. The van der Waals surface area contributed by atoms with E-state index in [9.17, 15) is 21.6 Å². The first-order valence-electron chi connectivity index (χ1n) is 6.96. The summed E-state index contributed by atoms with van der Waals surface area (Å²) >= 11 is 0. The molecule has 10 heteroatoms. The number of hydrogen-bond donors (Lipinski definition) is 2. The average Bonchev–Trinajstić information content (AvgIpc) is 2.46. The van der Waals surface area contributed by atoms with Gasteiger partial charge in [0.05, 0.1) is 17.1 Å². The van der Waals surface area contributed by atoms with Crippen molar-refractivity contribution in [3.8, 4) is 0 Å². The molecule has 1 saturated heterocycles. The fourth-order valence-corrected chi connectivity index (χ4v) is 3.86. The Balaban J connectivity index is 2.04. The third-order valence-electron chi connectivity index (χ3n) is 3.67. The minimum Gasteiger partial charge on any atom is -0.326 e. The summed E-state index contributed by atoms with van der Waals surface area (Å²) in [6.45, 7) is 0.575. The van der Waals surface area contributed by atoms with Crippen molar-refractivity contribution in [2.45, 2.75) is 17.7 Å². The lowest BCUT2D eigenvalue weighted by Gasteiger charge is -2.30. The smallest absolute Gasteiger partial charge is 0.238 e. The van der Waals surface area contributed by atoms with Crippen molar-refractivity contribution >= 4 is 31.6 Å². The number of piperidine rings is 1. The molecule has 0 aliphatic carbocycles. The van der Waals surface area contributed by atoms with Crippen LogP contribution in [0.15, 0.2) is 29.2 Å². The van der Waals surface area contributed by atoms with Crippen LogP contribution >= 0.6 is 0 Å². The van der Waals surface area contributed by atoms with Crippen LogP contribution in [-0.4, -0.2) is 46.4 Å². The highest BCUT2D eigenvalue weighted by Crippen LogP contribution is 2.21. The number of hydrogen-bond acceptors (Lipinski definition) is 5. The van der Waals surface area contributed by atoms with Gasteiger partial charge < -0.3 is 5.32 Å². The number of nitrogens with one attached hydrogen (secondary N) is 1. The summed E-state index contributed by atoms with van der Waals surface area (Å²) in [5, 5.41) is 7.67. The van der Waals surface area contributed by atoms with Crippen molar-refractivity contribution in [1.29, 1.82) is 0 Å². The molecular weight excluding hydrogens is 342 g/mol. The van der Waals surface area contributed by atoms with Gasteiger partial charge in [0.2, 0.25) is 26.0 Å². The molecule has 1 aromatic carbocycles. The number of nitrogens with zero attached hydrogens (tertiary/aromatic N) is 1. The number of nitrogens with two attached hydrogens (primary N) is 1. The van der Waals surface area contributed by atoms with Gasteiger partial charge in [-0.2, -0.15) is 0 Å². The van der Waals surface area contributed by atoms with Gasteiger partial charge in [-0.15, -0.1) is 0 Å². The molecule has 128 valence electrons. The van der Waals surface area contributed by atoms with Crippen LogP contribution in [0.1, 0.15) is 12.8 Å². The molecule has 1 unspecified atom stereocenters. The van der Waals surface area contributed by atoms with E-state index in [0.717, 1.165) is 6.26 Å². The van der Waals surface area contributed by atoms with E-state index in [1.165, 1.54) is 28.6 Å². The van der Waals surface area contributed by atoms with Crippen molar-refractivity contribution in [2.24, 2.45) is 11.1 Å². The summed E-state index contributed by atoms with van der Waals surface area (Å²) in [6, 6.07) is 5.48. The topological polar surface area (TPSA) is 127 Å². The third kappa shape index (κ3) is 4.74. The predicted octanol–water partition coefficient (Wildman–Crippen LogP) is -0.0559. The third-order valence-corrected chi connectivity index (χ3v) is 5.87. The van der Waals surface area contributed by atoms with Crippen molar-refractivity contribution in [2.75, 3.05) is 24.7 Å². The van der Waals surface area contributed by atoms with Crippen molar-refractivity contribution in [3.63, 3.8) is 0 Å². The van der Waals surface area contributed by atoms with E-state index in [1.807, 2.05) is 0 Å². The van der Waals surface area contributed by atoms with Crippen LogP contribution in [0, 0.1) is 5.92 Å². The monoisotopic (exact) mass is 361 g/mol. The first-order chi connectivity index (χ1) is 10.6. The standard InChI is InChI=1S/C13H19N3O5S2/c1-22(18,19)16-8-2-3-10(9-16)13(17)15-11-4-6-12(7-5-11)23(14,20)21/h4-7,10H,2-3,8-9H2,1H3,(H,15,17)(H2,14,20,21). The van der Waals surface area contributed by atoms with Gasteiger partial charge in [-0.25, -0.2) is 26.3 Å². The van der Waals surface area contributed by atoms with E-state index in [-0.39, 0.29) is 17.3 Å². The molecule has 1 aliphatic heterocycles. The molecule has 8 nitrogen and oxygen atoms in total. The lowest BCUT2D eigenvalue weighted by Crippen LogP contribution is -2.43. The average molecular weight is 361 g/mol. The maximum atomic E-state index is 12.2. The molecule has 0 spiro atoms. The van der Waals surface area contributed by atoms with Crippen LogP contribution in [0.3, 0.4) is 0 Å². The first kappa shape index (κ1) is 17.9. The maximum absolute atomic E-state index is 12.2. The zero-order valence-corrected chi connectivity index (χ0v) is 14.2. The number of sulfonamides is 2. The van der Waals surface area contributed by atoms with Crippen molar-refractivity contribution in [1.82, 2.24) is 4.31 Å². The molecule has 1 aromatic rings. The highest BCUT2D eigenvalue weighted by atomic mass is 32.2. The Morgan fingerprint density at radius 3 is 2.35 bits per heavy atom. The number of rotatable bonds is 4. The van der Waals surface area contributed by atoms with E-state index >= 15 is 0 Å². The molecular formula is C13H19N3O5S2. The number of anilines is 1. The Bertz CT molecular complexity index is 787. The highest BCUT2D eigenvalue weighted by molar-refractivity contribution is 7.89. The fourth-order valence-electron chi connectivity index (χ4n) is 2.43. The molecule has 2 rings (SSSR count). The molecule has 0 radical (unpaired) electrons. The molecule has 3 N–H and O–H groups in total. The summed E-state index contributed by atoms with van der Waals surface area (Å²) in [7, 11) is -7.09. The quantitative estimate of drug-likeness (QED) is 0.777. The Morgan fingerprint density at radius 2 is 1.83 bits per heavy atom. The molecule has 0 saturated carbocycles. The lowest BCUT2D eigenvalue weighted by molar-refractivity contribution is -0.120. The molecule has 1 atom stereocenters. The van der Waals surface area contributed by atoms with Crippen LogP contribution in [0.4, 0.5) is 5.69 Å². The Hall–Kier alpha value is -1.49. The van der Waals surface area contributed by atoms with Crippen molar-refractivity contribution in [3.05, 3.63) is 24.3 Å². The van der Waals surface area contributed by atoms with Gasteiger partial charge in [0, 0.05) is 18.8 Å². The zero-order chi connectivity index (χ0) is 17.3. The SMILES string of the molecule is CS(=O)(=O)N1CCCC(C(=O)Nc2ccc(S(N)(=O)=O)cc2)C1. The van der Waals surface area contributed by atoms with Crippen molar-refractivity contribution < 1.29 is 21.6 Å². The van der Waals surface area contributed by atoms with Crippen LogP contribution in [-0.2, 0) is 24.8 Å². The van der Waals surface area contributed by atoms with Crippen LogP contribution in [0.25, 0.3) is 0 Å². The molecule has 1 fully saturated rings. The number of primary sulfonamides is 1. The minimum absolute atomic E-state index is 0.0450. The van der Waals surface area contributed by atoms with Gasteiger partial charge >= 0.3 is 0 Å². The van der Waals surface area contributed by atoms with E-state index < -0.39 is 26.0 Å². The largest absolute Gasteiger partial charge is 0.326 e. The van der Waals surface area contributed by atoms with E-state index in [0.29, 0.717) is 25.1 Å². The van der Waals surface area contributed by atoms with Gasteiger partial charge in [0.1, 0.15) is 0 Å². The molecule has 1 amide bonds. The second-order valence-electron chi connectivity index (χ2n) is 5.52. The predicted molar refractivity (Wildman–Crippen MR) is 85.6 cm³/mol. The first-order valence-corrected chi connectivity index (χ1v) is 10.4. The number of carbonyl (C=O) groups excluding carboxylic acids is 1. The molecule has 0 aromatic heterocycles. The van der Waals surface area contributed by atoms with Gasteiger partial charge in [-0.1, -0.05) is 0 Å². The number of amides is 1. The maximum Gasteiger partial charge on any atom is 0.238 e. The molecule has 1 aliphatic rings. The molecule has 0 bridgehead atoms. The van der Waals surface area contributed by atoms with Crippen LogP contribution in [0.2, 0.25) is 0 Å². The fraction of sp³-hybridized carbons (Fsp3) is 0.462. The Labute approximate surface area is 135 Å². The zero-order valence-electron chi connectivity index (χ0n) is 12.6. The second kappa shape index (κ2) is 6.56. The Kier molecular flexibility index (Phi) is 5.09. The van der Waals surface area contributed by atoms with E-state index in [4.69, 9.17) is 5.14 Å².